The summed E-state index contributed by atoms with van der Waals surface area (Å²) in [5, 5.41) is 17.8. The van der Waals surface area contributed by atoms with Crippen molar-refractivity contribution in [2.24, 2.45) is 0 Å². The first-order chi connectivity index (χ1) is 7.63. The topological polar surface area (TPSA) is 58.9 Å². The molecule has 4 nitrogen and oxygen atoms in total. The molecule has 1 aromatic carbocycles. The molecule has 0 heterocycles. The lowest BCUT2D eigenvalue weighted by Crippen LogP contribution is -2.27. The van der Waals surface area contributed by atoms with E-state index in [0.717, 1.165) is 5.56 Å². The summed E-state index contributed by atoms with van der Waals surface area (Å²) in [6.07, 6.45) is 0. The fraction of sp³-hybridized carbons (Fsp3) is 0.455. The molecule has 5 heteroatoms. The summed E-state index contributed by atoms with van der Waals surface area (Å²) in [7, 11) is -1.34. The zero-order chi connectivity index (χ0) is 12.0. The Morgan fingerprint density at radius 1 is 1.38 bits per heavy atom. The maximum atomic E-state index is 9.31. The van der Waals surface area contributed by atoms with Gasteiger partial charge in [-0.15, -0.1) is 0 Å². The van der Waals surface area contributed by atoms with Crippen molar-refractivity contribution < 1.29 is 19.4 Å². The van der Waals surface area contributed by atoms with Gasteiger partial charge < -0.3 is 19.4 Å². The molecule has 1 rings (SSSR count). The van der Waals surface area contributed by atoms with E-state index in [9.17, 15) is 5.02 Å². The average Bonchev–Trinajstić information content (AvgIpc) is 2.26. The molecule has 0 spiro atoms. The normalized spacial score (nSPS) is 10.6. The van der Waals surface area contributed by atoms with E-state index in [1.54, 1.807) is 6.07 Å². The summed E-state index contributed by atoms with van der Waals surface area (Å²) >= 11 is 0. The first-order valence-corrected chi connectivity index (χ1v) is 5.30. The predicted octanol–water partition coefficient (Wildman–Crippen LogP) is 1.17. The molecule has 0 aromatic heterocycles. The van der Waals surface area contributed by atoms with Crippen LogP contribution in [0.5, 0.6) is 5.75 Å². The molecule has 0 atom stereocenters. The maximum Gasteiger partial charge on any atom is 0.710 e. The molecule has 0 aliphatic carbocycles. The van der Waals surface area contributed by atoms with E-state index in [-0.39, 0.29) is 13.2 Å². The molecule has 2 N–H and O–H groups in total. The van der Waals surface area contributed by atoms with Crippen LogP contribution < -0.4 is 4.65 Å². The summed E-state index contributed by atoms with van der Waals surface area (Å²) in [5.41, 5.74) is 1.13. The molecular formula is C11H17BO4. The van der Waals surface area contributed by atoms with Crippen molar-refractivity contribution in [3.8, 4) is 5.75 Å². The minimum absolute atomic E-state index is 0.0467. The molecule has 0 radical (unpaired) electrons. The summed E-state index contributed by atoms with van der Waals surface area (Å²) < 4.78 is 9.91. The van der Waals surface area contributed by atoms with Gasteiger partial charge in [0.2, 0.25) is 0 Å². The summed E-state index contributed by atoms with van der Waals surface area (Å²) in [6, 6.07) is 7.47. The molecule has 0 unspecified atom stereocenters. The first-order valence-electron chi connectivity index (χ1n) is 5.30. The quantitative estimate of drug-likeness (QED) is 0.712. The monoisotopic (exact) mass is 224 g/mol. The van der Waals surface area contributed by atoms with Crippen LogP contribution in [0.2, 0.25) is 0 Å². The van der Waals surface area contributed by atoms with E-state index in [4.69, 9.17) is 14.4 Å². The minimum Gasteiger partial charge on any atom is -0.512 e. The van der Waals surface area contributed by atoms with Crippen molar-refractivity contribution in [2.75, 3.05) is 13.2 Å². The van der Waals surface area contributed by atoms with Gasteiger partial charge in [-0.05, 0) is 23.6 Å². The first kappa shape index (κ1) is 13.0. The molecule has 88 valence electrons. The second-order valence-corrected chi connectivity index (χ2v) is 3.75. The molecule has 0 aliphatic rings. The van der Waals surface area contributed by atoms with Gasteiger partial charge in [-0.1, -0.05) is 26.0 Å². The van der Waals surface area contributed by atoms with Gasteiger partial charge in [-0.3, -0.25) is 0 Å². The van der Waals surface area contributed by atoms with E-state index >= 15 is 0 Å². The van der Waals surface area contributed by atoms with Crippen molar-refractivity contribution in [3.05, 3.63) is 29.8 Å². The Labute approximate surface area is 96.0 Å². The molecule has 0 aliphatic heterocycles. The number of aliphatic hydroxyl groups is 1. The lowest BCUT2D eigenvalue weighted by molar-refractivity contribution is 0.145. The molecular weight excluding hydrogens is 207 g/mol. The van der Waals surface area contributed by atoms with Crippen LogP contribution in [-0.4, -0.2) is 30.7 Å². The SMILES string of the molecule is CC(C)c1cccc(OB(O)OCCO)c1. The van der Waals surface area contributed by atoms with Gasteiger partial charge in [0, 0.05) is 0 Å². The molecule has 1 aromatic rings. The van der Waals surface area contributed by atoms with E-state index in [0.29, 0.717) is 11.7 Å². The standard InChI is InChI=1S/C11H17BO4/c1-9(2)10-4-3-5-11(8-10)16-12(14)15-7-6-13/h3-5,8-9,13-14H,6-7H2,1-2H3. The molecule has 0 bridgehead atoms. The number of rotatable bonds is 6. The van der Waals surface area contributed by atoms with Crippen LogP contribution in [0.3, 0.4) is 0 Å². The lowest BCUT2D eigenvalue weighted by Gasteiger charge is -2.11. The third-order valence-corrected chi connectivity index (χ3v) is 2.11. The van der Waals surface area contributed by atoms with Crippen LogP contribution in [0.1, 0.15) is 25.3 Å². The fourth-order valence-electron chi connectivity index (χ4n) is 1.25. The van der Waals surface area contributed by atoms with Crippen molar-refractivity contribution >= 4 is 7.32 Å². The minimum atomic E-state index is -1.34. The van der Waals surface area contributed by atoms with Gasteiger partial charge in [-0.25, -0.2) is 0 Å². The predicted molar refractivity (Wildman–Crippen MR) is 62.2 cm³/mol. The molecule has 16 heavy (non-hydrogen) atoms. The fourth-order valence-corrected chi connectivity index (χ4v) is 1.25. The second-order valence-electron chi connectivity index (χ2n) is 3.75. The highest BCUT2D eigenvalue weighted by Crippen LogP contribution is 2.20. The highest BCUT2D eigenvalue weighted by molar-refractivity contribution is 6.35. The maximum absolute atomic E-state index is 9.31. The Balaban J connectivity index is 2.56. The number of hydrogen-bond acceptors (Lipinski definition) is 4. The third-order valence-electron chi connectivity index (χ3n) is 2.11. The van der Waals surface area contributed by atoms with Crippen LogP contribution >= 0.6 is 0 Å². The van der Waals surface area contributed by atoms with Crippen molar-refractivity contribution in [1.29, 1.82) is 0 Å². The Bertz CT molecular complexity index is 317. The average molecular weight is 224 g/mol. The highest BCUT2D eigenvalue weighted by Gasteiger charge is 2.17. The van der Waals surface area contributed by atoms with Crippen LogP contribution in [0, 0.1) is 0 Å². The van der Waals surface area contributed by atoms with Gasteiger partial charge >= 0.3 is 7.32 Å². The van der Waals surface area contributed by atoms with E-state index < -0.39 is 7.32 Å². The zero-order valence-electron chi connectivity index (χ0n) is 9.59. The smallest absolute Gasteiger partial charge is 0.512 e. The number of hydrogen-bond donors (Lipinski definition) is 2. The van der Waals surface area contributed by atoms with Crippen molar-refractivity contribution in [3.63, 3.8) is 0 Å². The van der Waals surface area contributed by atoms with Crippen molar-refractivity contribution in [2.45, 2.75) is 19.8 Å². The van der Waals surface area contributed by atoms with Crippen molar-refractivity contribution in [1.82, 2.24) is 0 Å². The molecule has 0 saturated carbocycles. The van der Waals surface area contributed by atoms with Crippen LogP contribution in [0.25, 0.3) is 0 Å². The molecule has 0 fully saturated rings. The van der Waals surface area contributed by atoms with Gasteiger partial charge in [0.15, 0.2) is 0 Å². The Hall–Kier alpha value is -1.04. The highest BCUT2D eigenvalue weighted by atomic mass is 16.7. The Morgan fingerprint density at radius 2 is 2.12 bits per heavy atom. The van der Waals surface area contributed by atoms with Crippen LogP contribution in [0.4, 0.5) is 0 Å². The van der Waals surface area contributed by atoms with Gasteiger partial charge in [-0.2, -0.15) is 0 Å². The summed E-state index contributed by atoms with van der Waals surface area (Å²) in [4.78, 5) is 0. The third kappa shape index (κ3) is 4.22. The van der Waals surface area contributed by atoms with Gasteiger partial charge in [0.25, 0.3) is 0 Å². The number of benzene rings is 1. The summed E-state index contributed by atoms with van der Waals surface area (Å²) in [6.45, 7) is 4.06. The van der Waals surface area contributed by atoms with Crippen LogP contribution in [0.15, 0.2) is 24.3 Å². The second kappa shape index (κ2) is 6.53. The summed E-state index contributed by atoms with van der Waals surface area (Å²) in [5.74, 6) is 0.954. The molecule has 0 amide bonds. The Morgan fingerprint density at radius 3 is 2.75 bits per heavy atom. The van der Waals surface area contributed by atoms with Gasteiger partial charge in [0.05, 0.1) is 13.2 Å². The molecule has 0 saturated heterocycles. The number of aliphatic hydroxyl groups excluding tert-OH is 1. The van der Waals surface area contributed by atoms with Crippen LogP contribution in [-0.2, 0) is 4.65 Å². The van der Waals surface area contributed by atoms with E-state index in [1.807, 2.05) is 18.2 Å². The Kier molecular flexibility index (Phi) is 5.32. The van der Waals surface area contributed by atoms with Gasteiger partial charge in [0.1, 0.15) is 5.75 Å². The van der Waals surface area contributed by atoms with E-state index in [1.165, 1.54) is 0 Å². The largest absolute Gasteiger partial charge is 0.710 e. The lowest BCUT2D eigenvalue weighted by atomic mass is 10.0. The van der Waals surface area contributed by atoms with E-state index in [2.05, 4.69) is 13.8 Å². The zero-order valence-corrected chi connectivity index (χ0v) is 9.59.